The van der Waals surface area contributed by atoms with Crippen molar-refractivity contribution in [3.05, 3.63) is 72.2 Å². The minimum absolute atomic E-state index is 0.209. The molecule has 2 aromatic carbocycles. The molecule has 0 saturated carbocycles. The predicted octanol–water partition coefficient (Wildman–Crippen LogP) is 5.82. The van der Waals surface area contributed by atoms with E-state index in [9.17, 15) is 18.3 Å². The molecule has 1 N–H and O–H groups in total. The van der Waals surface area contributed by atoms with Crippen molar-refractivity contribution >= 4 is 28.4 Å². The van der Waals surface area contributed by atoms with Crippen molar-refractivity contribution in [1.82, 2.24) is 9.97 Å². The number of rotatable bonds is 4. The Labute approximate surface area is 178 Å². The maximum Gasteiger partial charge on any atom is 0.422 e. The molecule has 1 aliphatic rings. The highest BCUT2D eigenvalue weighted by Crippen LogP contribution is 2.46. The van der Waals surface area contributed by atoms with E-state index < -0.39 is 17.7 Å². The number of nitrogens with zero attached hydrogens (tertiary/aromatic N) is 3. The number of hydrogen-bond donors (Lipinski definition) is 1. The monoisotopic (exact) mass is 425 g/mol. The van der Waals surface area contributed by atoms with Gasteiger partial charge in [0.1, 0.15) is 5.82 Å². The first-order chi connectivity index (χ1) is 14.8. The molecular weight excluding hydrogens is 403 g/mol. The summed E-state index contributed by atoms with van der Waals surface area (Å²) in [6.07, 6.45) is 0.523. The highest BCUT2D eigenvalue weighted by atomic mass is 19.4. The normalized spacial score (nSPS) is 19.4. The summed E-state index contributed by atoms with van der Waals surface area (Å²) >= 11 is 0. The first-order valence-corrected chi connectivity index (χ1v) is 10.1. The van der Waals surface area contributed by atoms with Gasteiger partial charge in [-0.05, 0) is 49.5 Å². The Morgan fingerprint density at radius 3 is 2.61 bits per heavy atom. The number of fused-ring (bicyclic) bond motifs is 1. The van der Waals surface area contributed by atoms with E-state index in [2.05, 4.69) is 15.0 Å². The van der Waals surface area contributed by atoms with E-state index in [4.69, 9.17) is 0 Å². The van der Waals surface area contributed by atoms with E-state index in [1.165, 1.54) is 6.20 Å². The Kier molecular flexibility index (Phi) is 5.62. The summed E-state index contributed by atoms with van der Waals surface area (Å²) in [6.45, 7) is 1.73. The SMILES string of the molecule is Cc1ncc2c(/N=C\C(O)(C3CCCC=C3c3ccccc3)C(F)(F)F)cccc2n1. The molecule has 0 amide bonds. The molecule has 0 bridgehead atoms. The van der Waals surface area contributed by atoms with Gasteiger partial charge in [-0.1, -0.05) is 42.5 Å². The number of aryl methyl sites for hydroxylation is 1. The maximum absolute atomic E-state index is 14.3. The minimum Gasteiger partial charge on any atom is -0.375 e. The third-order valence-corrected chi connectivity index (χ3v) is 5.65. The first kappa shape index (κ1) is 21.2. The summed E-state index contributed by atoms with van der Waals surface area (Å²) < 4.78 is 42.8. The fourth-order valence-electron chi connectivity index (χ4n) is 4.06. The number of halogens is 3. The van der Waals surface area contributed by atoms with Crippen LogP contribution in [0.2, 0.25) is 0 Å². The molecule has 0 radical (unpaired) electrons. The summed E-state index contributed by atoms with van der Waals surface area (Å²) in [5.74, 6) is -0.596. The fourth-order valence-corrected chi connectivity index (χ4v) is 4.06. The second kappa shape index (κ2) is 8.23. The topological polar surface area (TPSA) is 58.4 Å². The van der Waals surface area contributed by atoms with Crippen molar-refractivity contribution < 1.29 is 18.3 Å². The van der Waals surface area contributed by atoms with Gasteiger partial charge in [0.05, 0.1) is 11.2 Å². The van der Waals surface area contributed by atoms with E-state index in [1.54, 1.807) is 55.5 Å². The van der Waals surface area contributed by atoms with Crippen LogP contribution >= 0.6 is 0 Å². The summed E-state index contributed by atoms with van der Waals surface area (Å²) in [5.41, 5.74) is -1.07. The van der Waals surface area contributed by atoms with Crippen LogP contribution < -0.4 is 0 Å². The average Bonchev–Trinajstić information content (AvgIpc) is 2.77. The number of aromatic nitrogens is 2. The zero-order valence-corrected chi connectivity index (χ0v) is 17.0. The summed E-state index contributed by atoms with van der Waals surface area (Å²) in [6, 6.07) is 13.9. The lowest BCUT2D eigenvalue weighted by atomic mass is 9.73. The van der Waals surface area contributed by atoms with E-state index in [0.717, 1.165) is 0 Å². The molecule has 0 spiro atoms. The third-order valence-electron chi connectivity index (χ3n) is 5.65. The van der Waals surface area contributed by atoms with Crippen molar-refractivity contribution in [3.63, 3.8) is 0 Å². The Bertz CT molecular complexity index is 1140. The highest BCUT2D eigenvalue weighted by Gasteiger charge is 2.58. The van der Waals surface area contributed by atoms with Gasteiger partial charge in [-0.25, -0.2) is 9.97 Å². The van der Waals surface area contributed by atoms with Gasteiger partial charge in [-0.15, -0.1) is 0 Å². The largest absolute Gasteiger partial charge is 0.422 e. The van der Waals surface area contributed by atoms with Gasteiger partial charge in [0.2, 0.25) is 5.60 Å². The van der Waals surface area contributed by atoms with Crippen LogP contribution in [0.5, 0.6) is 0 Å². The molecular formula is C24H22F3N3O. The molecule has 3 aromatic rings. The molecule has 7 heteroatoms. The van der Waals surface area contributed by atoms with E-state index in [1.807, 2.05) is 6.07 Å². The number of aliphatic imine (C=N–C) groups is 1. The van der Waals surface area contributed by atoms with Crippen LogP contribution in [0.3, 0.4) is 0 Å². The van der Waals surface area contributed by atoms with Crippen LogP contribution in [0, 0.1) is 12.8 Å². The molecule has 2 atom stereocenters. The second-order valence-electron chi connectivity index (χ2n) is 7.72. The van der Waals surface area contributed by atoms with Gasteiger partial charge in [-0.2, -0.15) is 13.2 Å². The smallest absolute Gasteiger partial charge is 0.375 e. The third kappa shape index (κ3) is 4.10. The van der Waals surface area contributed by atoms with Gasteiger partial charge < -0.3 is 5.11 Å². The van der Waals surface area contributed by atoms with Crippen LogP contribution in [0.4, 0.5) is 18.9 Å². The zero-order valence-electron chi connectivity index (χ0n) is 17.0. The van der Waals surface area contributed by atoms with Gasteiger partial charge in [0.15, 0.2) is 0 Å². The molecule has 4 rings (SSSR count). The van der Waals surface area contributed by atoms with Crippen molar-refractivity contribution in [2.75, 3.05) is 0 Å². The quantitative estimate of drug-likeness (QED) is 0.536. The Morgan fingerprint density at radius 2 is 1.87 bits per heavy atom. The molecule has 0 saturated heterocycles. The molecule has 31 heavy (non-hydrogen) atoms. The van der Waals surface area contributed by atoms with E-state index in [0.29, 0.717) is 46.9 Å². The molecule has 1 aromatic heterocycles. The Hall–Kier alpha value is -3.06. The standard InChI is InChI=1S/C24H22F3N3O/c1-16-28-14-19-21(12-7-13-22(19)30-16)29-15-23(31,24(25,26)27)20-11-6-5-10-18(20)17-8-3-2-4-9-17/h2-4,7-10,12-15,20,31H,5-6,11H2,1H3/b29-15-. The lowest BCUT2D eigenvalue weighted by molar-refractivity contribution is -0.240. The molecule has 1 aliphatic carbocycles. The van der Waals surface area contributed by atoms with Gasteiger partial charge in [0, 0.05) is 23.7 Å². The number of hydrogen-bond acceptors (Lipinski definition) is 4. The lowest BCUT2D eigenvalue weighted by Gasteiger charge is -2.38. The Balaban J connectivity index is 1.79. The Morgan fingerprint density at radius 1 is 1.10 bits per heavy atom. The molecule has 4 nitrogen and oxygen atoms in total. The maximum atomic E-state index is 14.3. The van der Waals surface area contributed by atoms with Crippen molar-refractivity contribution in [2.45, 2.75) is 38.0 Å². The van der Waals surface area contributed by atoms with E-state index >= 15 is 0 Å². The number of allylic oxidation sites excluding steroid dienone is 1. The summed E-state index contributed by atoms with van der Waals surface area (Å²) in [5, 5.41) is 11.6. The van der Waals surface area contributed by atoms with Crippen LogP contribution in [0.25, 0.3) is 16.5 Å². The lowest BCUT2D eigenvalue weighted by Crippen LogP contribution is -2.53. The second-order valence-corrected chi connectivity index (χ2v) is 7.72. The zero-order chi connectivity index (χ0) is 22.1. The first-order valence-electron chi connectivity index (χ1n) is 10.1. The molecule has 160 valence electrons. The fraction of sp³-hybridized carbons (Fsp3) is 0.292. The van der Waals surface area contributed by atoms with Crippen LogP contribution in [0.1, 0.15) is 30.7 Å². The molecule has 0 fully saturated rings. The number of alkyl halides is 3. The van der Waals surface area contributed by atoms with Crippen LogP contribution in [-0.4, -0.2) is 33.1 Å². The van der Waals surface area contributed by atoms with Gasteiger partial charge >= 0.3 is 6.18 Å². The van der Waals surface area contributed by atoms with Crippen molar-refractivity contribution in [2.24, 2.45) is 10.9 Å². The predicted molar refractivity (Wildman–Crippen MR) is 115 cm³/mol. The average molecular weight is 425 g/mol. The van der Waals surface area contributed by atoms with Crippen molar-refractivity contribution in [1.29, 1.82) is 0 Å². The number of aliphatic hydroxyl groups is 1. The molecule has 1 heterocycles. The van der Waals surface area contributed by atoms with Gasteiger partial charge in [-0.3, -0.25) is 4.99 Å². The van der Waals surface area contributed by atoms with Gasteiger partial charge in [0.25, 0.3) is 0 Å². The van der Waals surface area contributed by atoms with Crippen LogP contribution in [0.15, 0.2) is 65.8 Å². The molecule has 2 unspecified atom stereocenters. The minimum atomic E-state index is -4.90. The highest BCUT2D eigenvalue weighted by molar-refractivity contribution is 5.92. The van der Waals surface area contributed by atoms with Crippen LogP contribution in [-0.2, 0) is 0 Å². The summed E-state index contributed by atoms with van der Waals surface area (Å²) in [7, 11) is 0. The summed E-state index contributed by atoms with van der Waals surface area (Å²) in [4.78, 5) is 12.5. The number of benzene rings is 2. The van der Waals surface area contributed by atoms with E-state index in [-0.39, 0.29) is 12.1 Å². The molecule has 0 aliphatic heterocycles. The van der Waals surface area contributed by atoms with Crippen molar-refractivity contribution in [3.8, 4) is 0 Å².